The summed E-state index contributed by atoms with van der Waals surface area (Å²) in [5.41, 5.74) is 0.329. The molecule has 1 amide bonds. The molecule has 5 heteroatoms. The highest BCUT2D eigenvalue weighted by molar-refractivity contribution is 6.17. The van der Waals surface area contributed by atoms with Crippen molar-refractivity contribution in [3.05, 3.63) is 23.8 Å². The van der Waals surface area contributed by atoms with Gasteiger partial charge in [-0.05, 0) is 37.8 Å². The molecule has 1 unspecified atom stereocenters. The number of amides is 1. The Morgan fingerprint density at radius 2 is 2.00 bits per heavy atom. The molecule has 4 nitrogen and oxygen atoms in total. The van der Waals surface area contributed by atoms with E-state index in [0.717, 1.165) is 32.2 Å². The van der Waals surface area contributed by atoms with Gasteiger partial charge >= 0.3 is 0 Å². The molecule has 0 spiro atoms. The Labute approximate surface area is 117 Å². The van der Waals surface area contributed by atoms with Crippen molar-refractivity contribution in [1.29, 1.82) is 0 Å². The van der Waals surface area contributed by atoms with E-state index in [1.807, 2.05) is 4.90 Å². The molecule has 1 aliphatic rings. The average molecular weight is 284 g/mol. The van der Waals surface area contributed by atoms with E-state index in [9.17, 15) is 15.0 Å². The van der Waals surface area contributed by atoms with Crippen molar-refractivity contribution in [2.75, 3.05) is 12.4 Å². The second-order valence-electron chi connectivity index (χ2n) is 4.86. The zero-order valence-electron chi connectivity index (χ0n) is 10.7. The van der Waals surface area contributed by atoms with Crippen LogP contribution in [0.15, 0.2) is 18.2 Å². The van der Waals surface area contributed by atoms with Crippen LogP contribution in [0.1, 0.15) is 36.0 Å². The molecule has 1 fully saturated rings. The minimum atomic E-state index is -0.136. The molecule has 0 bridgehead atoms. The summed E-state index contributed by atoms with van der Waals surface area (Å²) in [6.45, 7) is 0.724. The topological polar surface area (TPSA) is 60.8 Å². The standard InChI is InChI=1S/C14H18ClNO3/c15-5-1-3-11-4-2-6-16(11)14(19)10-7-12(17)9-13(18)8-10/h7-9,11,17-18H,1-6H2. The molecule has 0 saturated carbocycles. The first-order valence-electron chi connectivity index (χ1n) is 6.52. The van der Waals surface area contributed by atoms with Crippen molar-refractivity contribution >= 4 is 17.5 Å². The molecule has 1 saturated heterocycles. The fourth-order valence-electron chi connectivity index (χ4n) is 2.60. The predicted octanol–water partition coefficient (Wildman–Crippen LogP) is 2.72. The highest BCUT2D eigenvalue weighted by atomic mass is 35.5. The van der Waals surface area contributed by atoms with Gasteiger partial charge in [0.2, 0.25) is 0 Å². The molecule has 1 aromatic carbocycles. The number of likely N-dealkylation sites (tertiary alicyclic amines) is 1. The Morgan fingerprint density at radius 3 is 2.63 bits per heavy atom. The van der Waals surface area contributed by atoms with Gasteiger partial charge in [0.1, 0.15) is 11.5 Å². The second kappa shape index (κ2) is 6.15. The van der Waals surface area contributed by atoms with Crippen LogP contribution in [0, 0.1) is 0 Å². The number of phenols is 2. The van der Waals surface area contributed by atoms with Gasteiger partial charge in [-0.25, -0.2) is 0 Å². The SMILES string of the molecule is O=C(c1cc(O)cc(O)c1)N1CCCC1CCCCl. The summed E-state index contributed by atoms with van der Waals surface area (Å²) in [6.07, 6.45) is 3.78. The molecule has 19 heavy (non-hydrogen) atoms. The van der Waals surface area contributed by atoms with Crippen LogP contribution in [-0.2, 0) is 0 Å². The lowest BCUT2D eigenvalue weighted by atomic mass is 10.1. The maximum atomic E-state index is 12.4. The number of hydrogen-bond acceptors (Lipinski definition) is 3. The normalized spacial score (nSPS) is 18.8. The van der Waals surface area contributed by atoms with Crippen molar-refractivity contribution in [3.8, 4) is 11.5 Å². The lowest BCUT2D eigenvalue weighted by Gasteiger charge is -2.24. The molecule has 0 aliphatic carbocycles. The monoisotopic (exact) mass is 283 g/mol. The minimum absolute atomic E-state index is 0.0974. The summed E-state index contributed by atoms with van der Waals surface area (Å²) in [4.78, 5) is 14.2. The van der Waals surface area contributed by atoms with Gasteiger partial charge in [-0.2, -0.15) is 0 Å². The van der Waals surface area contributed by atoms with Crippen molar-refractivity contribution in [3.63, 3.8) is 0 Å². The molecule has 1 aliphatic heterocycles. The van der Waals surface area contributed by atoms with Crippen LogP contribution in [0.2, 0.25) is 0 Å². The third kappa shape index (κ3) is 3.32. The fraction of sp³-hybridized carbons (Fsp3) is 0.500. The summed E-state index contributed by atoms with van der Waals surface area (Å²) >= 11 is 5.70. The number of phenolic OH excluding ortho intramolecular Hbond substituents is 2. The first kappa shape index (κ1) is 14.0. The predicted molar refractivity (Wildman–Crippen MR) is 73.8 cm³/mol. The van der Waals surface area contributed by atoms with Crippen LogP contribution >= 0.6 is 11.6 Å². The van der Waals surface area contributed by atoms with Crippen LogP contribution in [0.5, 0.6) is 11.5 Å². The fourth-order valence-corrected chi connectivity index (χ4v) is 2.75. The van der Waals surface area contributed by atoms with E-state index in [1.54, 1.807) is 0 Å². The zero-order chi connectivity index (χ0) is 13.8. The largest absolute Gasteiger partial charge is 0.508 e. The molecule has 1 heterocycles. The van der Waals surface area contributed by atoms with Crippen LogP contribution in [0.4, 0.5) is 0 Å². The molecule has 1 aromatic rings. The van der Waals surface area contributed by atoms with E-state index in [4.69, 9.17) is 11.6 Å². The lowest BCUT2D eigenvalue weighted by Crippen LogP contribution is -2.35. The van der Waals surface area contributed by atoms with E-state index in [-0.39, 0.29) is 23.4 Å². The van der Waals surface area contributed by atoms with Gasteiger partial charge in [0.15, 0.2) is 0 Å². The summed E-state index contributed by atoms with van der Waals surface area (Å²) in [5.74, 6) is 0.272. The second-order valence-corrected chi connectivity index (χ2v) is 5.24. The van der Waals surface area contributed by atoms with E-state index < -0.39 is 0 Å². The van der Waals surface area contributed by atoms with Gasteiger partial charge in [0.25, 0.3) is 5.91 Å². The molecule has 2 N–H and O–H groups in total. The maximum Gasteiger partial charge on any atom is 0.254 e. The van der Waals surface area contributed by atoms with Crippen molar-refractivity contribution < 1.29 is 15.0 Å². The summed E-state index contributed by atoms with van der Waals surface area (Å²) in [5, 5.41) is 18.9. The van der Waals surface area contributed by atoms with Crippen LogP contribution in [-0.4, -0.2) is 39.5 Å². The molecular weight excluding hydrogens is 266 g/mol. The van der Waals surface area contributed by atoms with E-state index >= 15 is 0 Å². The zero-order valence-corrected chi connectivity index (χ0v) is 11.4. The maximum absolute atomic E-state index is 12.4. The van der Waals surface area contributed by atoms with Gasteiger partial charge in [-0.3, -0.25) is 4.79 Å². The highest BCUT2D eigenvalue weighted by Crippen LogP contribution is 2.27. The molecule has 0 aromatic heterocycles. The van der Waals surface area contributed by atoms with Gasteiger partial charge in [-0.15, -0.1) is 11.6 Å². The number of carbonyl (C=O) groups excluding carboxylic acids is 1. The Balaban J connectivity index is 2.13. The van der Waals surface area contributed by atoms with E-state index in [2.05, 4.69) is 0 Å². The Morgan fingerprint density at radius 1 is 1.32 bits per heavy atom. The lowest BCUT2D eigenvalue weighted by molar-refractivity contribution is 0.0729. The first-order valence-corrected chi connectivity index (χ1v) is 7.05. The van der Waals surface area contributed by atoms with Gasteiger partial charge < -0.3 is 15.1 Å². The average Bonchev–Trinajstić information content (AvgIpc) is 2.82. The van der Waals surface area contributed by atoms with Crippen molar-refractivity contribution in [2.24, 2.45) is 0 Å². The van der Waals surface area contributed by atoms with Crippen molar-refractivity contribution in [2.45, 2.75) is 31.7 Å². The quantitative estimate of drug-likeness (QED) is 0.835. The number of nitrogens with zero attached hydrogens (tertiary/aromatic N) is 1. The first-order chi connectivity index (χ1) is 9.11. The summed E-state index contributed by atoms with van der Waals surface area (Å²) in [6, 6.07) is 4.21. The highest BCUT2D eigenvalue weighted by Gasteiger charge is 2.29. The summed E-state index contributed by atoms with van der Waals surface area (Å²) in [7, 11) is 0. The molecule has 0 radical (unpaired) electrons. The molecular formula is C14H18ClNO3. The van der Waals surface area contributed by atoms with Gasteiger partial charge in [0, 0.05) is 30.1 Å². The third-order valence-corrected chi connectivity index (χ3v) is 3.73. The molecule has 2 rings (SSSR count). The van der Waals surface area contributed by atoms with Crippen molar-refractivity contribution in [1.82, 2.24) is 4.90 Å². The third-order valence-electron chi connectivity index (χ3n) is 3.46. The van der Waals surface area contributed by atoms with E-state index in [1.165, 1.54) is 18.2 Å². The smallest absolute Gasteiger partial charge is 0.254 e. The Bertz CT molecular complexity index is 444. The number of alkyl halides is 1. The number of rotatable bonds is 4. The Kier molecular flexibility index (Phi) is 4.53. The van der Waals surface area contributed by atoms with E-state index in [0.29, 0.717) is 11.4 Å². The van der Waals surface area contributed by atoms with Gasteiger partial charge in [-0.1, -0.05) is 0 Å². The number of hydrogen-bond donors (Lipinski definition) is 2. The molecule has 1 atom stereocenters. The number of benzene rings is 1. The van der Waals surface area contributed by atoms with Gasteiger partial charge in [0.05, 0.1) is 0 Å². The summed E-state index contributed by atoms with van der Waals surface area (Å²) < 4.78 is 0. The van der Waals surface area contributed by atoms with Crippen LogP contribution in [0.3, 0.4) is 0 Å². The molecule has 104 valence electrons. The Hall–Kier alpha value is -1.42. The number of carbonyl (C=O) groups is 1. The number of aromatic hydroxyl groups is 2. The number of halogens is 1. The van der Waals surface area contributed by atoms with Crippen LogP contribution < -0.4 is 0 Å². The van der Waals surface area contributed by atoms with Crippen LogP contribution in [0.25, 0.3) is 0 Å². The minimum Gasteiger partial charge on any atom is -0.508 e.